The van der Waals surface area contributed by atoms with E-state index in [4.69, 9.17) is 0 Å². The molecule has 3 heterocycles. The zero-order valence-corrected chi connectivity index (χ0v) is 11.7. The smallest absolute Gasteiger partial charge is 0.270 e. The van der Waals surface area contributed by atoms with E-state index in [1.807, 2.05) is 6.07 Å². The molecule has 2 aromatic heterocycles. The standard InChI is InChI=1S/C15H17N5O/c21-14(13-5-1-2-7-16-13)18-11-12-6-8-17-15(19-12)20-9-3-4-10-20/h1-2,5-8H,3-4,9-11H2,(H,18,21). The second-order valence-corrected chi connectivity index (χ2v) is 4.94. The Kier molecular flexibility index (Phi) is 4.04. The summed E-state index contributed by atoms with van der Waals surface area (Å²) >= 11 is 0. The van der Waals surface area contributed by atoms with Crippen molar-refractivity contribution in [3.8, 4) is 0 Å². The Morgan fingerprint density at radius 1 is 1.14 bits per heavy atom. The van der Waals surface area contributed by atoms with Crippen LogP contribution in [0.25, 0.3) is 0 Å². The molecule has 0 aromatic carbocycles. The summed E-state index contributed by atoms with van der Waals surface area (Å²) in [5.41, 5.74) is 1.21. The summed E-state index contributed by atoms with van der Waals surface area (Å²) in [6.45, 7) is 2.38. The van der Waals surface area contributed by atoms with Crippen molar-refractivity contribution in [3.63, 3.8) is 0 Å². The SMILES string of the molecule is O=C(NCc1ccnc(N2CCCC2)n1)c1ccccn1. The van der Waals surface area contributed by atoms with E-state index in [0.29, 0.717) is 12.2 Å². The lowest BCUT2D eigenvalue weighted by molar-refractivity contribution is 0.0945. The van der Waals surface area contributed by atoms with E-state index >= 15 is 0 Å². The van der Waals surface area contributed by atoms with Gasteiger partial charge in [0, 0.05) is 25.5 Å². The number of nitrogens with one attached hydrogen (secondary N) is 1. The Morgan fingerprint density at radius 3 is 2.76 bits per heavy atom. The van der Waals surface area contributed by atoms with E-state index in [-0.39, 0.29) is 5.91 Å². The number of nitrogens with zero attached hydrogens (tertiary/aromatic N) is 4. The first-order valence-corrected chi connectivity index (χ1v) is 7.09. The van der Waals surface area contributed by atoms with Gasteiger partial charge in [0.05, 0.1) is 12.2 Å². The van der Waals surface area contributed by atoms with Gasteiger partial charge in [0.15, 0.2) is 0 Å². The maximum atomic E-state index is 11.9. The number of hydrogen-bond donors (Lipinski definition) is 1. The average molecular weight is 283 g/mol. The van der Waals surface area contributed by atoms with Crippen LogP contribution in [0.3, 0.4) is 0 Å². The van der Waals surface area contributed by atoms with Gasteiger partial charge in [0.2, 0.25) is 5.95 Å². The third kappa shape index (κ3) is 3.34. The van der Waals surface area contributed by atoms with E-state index in [9.17, 15) is 4.79 Å². The fourth-order valence-corrected chi connectivity index (χ4v) is 2.31. The summed E-state index contributed by atoms with van der Waals surface area (Å²) < 4.78 is 0. The number of carbonyl (C=O) groups excluding carboxylic acids is 1. The van der Waals surface area contributed by atoms with Gasteiger partial charge in [-0.15, -0.1) is 0 Å². The van der Waals surface area contributed by atoms with Crippen molar-refractivity contribution < 1.29 is 4.79 Å². The maximum Gasteiger partial charge on any atom is 0.270 e. The fraction of sp³-hybridized carbons (Fsp3) is 0.333. The number of amides is 1. The van der Waals surface area contributed by atoms with Gasteiger partial charge in [0.25, 0.3) is 5.91 Å². The molecule has 1 aliphatic rings. The van der Waals surface area contributed by atoms with Crippen molar-refractivity contribution in [2.45, 2.75) is 19.4 Å². The van der Waals surface area contributed by atoms with Gasteiger partial charge in [-0.25, -0.2) is 9.97 Å². The molecule has 21 heavy (non-hydrogen) atoms. The number of pyridine rings is 1. The number of hydrogen-bond acceptors (Lipinski definition) is 5. The second-order valence-electron chi connectivity index (χ2n) is 4.94. The summed E-state index contributed by atoms with van der Waals surface area (Å²) in [7, 11) is 0. The van der Waals surface area contributed by atoms with Crippen LogP contribution in [0.2, 0.25) is 0 Å². The first-order valence-electron chi connectivity index (χ1n) is 7.09. The average Bonchev–Trinajstić information content (AvgIpc) is 3.08. The molecular weight excluding hydrogens is 266 g/mol. The molecule has 1 amide bonds. The number of rotatable bonds is 4. The van der Waals surface area contributed by atoms with Crippen molar-refractivity contribution >= 4 is 11.9 Å². The van der Waals surface area contributed by atoms with E-state index < -0.39 is 0 Å². The molecule has 1 N–H and O–H groups in total. The Labute approximate surface area is 123 Å². The summed E-state index contributed by atoms with van der Waals surface area (Å²) in [6.07, 6.45) is 5.71. The Hall–Kier alpha value is -2.50. The molecule has 108 valence electrons. The molecule has 0 unspecified atom stereocenters. The molecule has 6 heteroatoms. The first-order chi connectivity index (χ1) is 10.3. The van der Waals surface area contributed by atoms with Gasteiger partial charge in [-0.1, -0.05) is 6.07 Å². The van der Waals surface area contributed by atoms with Gasteiger partial charge in [-0.2, -0.15) is 0 Å². The van der Waals surface area contributed by atoms with Crippen LogP contribution in [0.15, 0.2) is 36.7 Å². The third-order valence-electron chi connectivity index (χ3n) is 3.42. The molecule has 0 radical (unpaired) electrons. The zero-order valence-electron chi connectivity index (χ0n) is 11.7. The largest absolute Gasteiger partial charge is 0.345 e. The van der Waals surface area contributed by atoms with Crippen LogP contribution >= 0.6 is 0 Å². The highest BCUT2D eigenvalue weighted by molar-refractivity contribution is 5.92. The minimum Gasteiger partial charge on any atom is -0.345 e. The van der Waals surface area contributed by atoms with Crippen LogP contribution in [0.1, 0.15) is 29.0 Å². The number of aromatic nitrogens is 3. The van der Waals surface area contributed by atoms with Gasteiger partial charge in [0.1, 0.15) is 5.69 Å². The molecule has 1 saturated heterocycles. The first kappa shape index (κ1) is 13.5. The van der Waals surface area contributed by atoms with Gasteiger partial charge < -0.3 is 10.2 Å². The van der Waals surface area contributed by atoms with E-state index in [1.54, 1.807) is 30.6 Å². The minimum atomic E-state index is -0.197. The highest BCUT2D eigenvalue weighted by atomic mass is 16.1. The van der Waals surface area contributed by atoms with Crippen LogP contribution in [0, 0.1) is 0 Å². The predicted octanol–water partition coefficient (Wildman–Crippen LogP) is 1.40. The summed E-state index contributed by atoms with van der Waals surface area (Å²) in [5, 5.41) is 2.82. The summed E-state index contributed by atoms with van der Waals surface area (Å²) in [5.74, 6) is 0.550. The monoisotopic (exact) mass is 283 g/mol. The van der Waals surface area contributed by atoms with Crippen LogP contribution < -0.4 is 10.2 Å². The molecule has 6 nitrogen and oxygen atoms in total. The molecule has 3 rings (SSSR count). The third-order valence-corrected chi connectivity index (χ3v) is 3.42. The predicted molar refractivity (Wildman–Crippen MR) is 78.9 cm³/mol. The molecule has 0 atom stereocenters. The Balaban J connectivity index is 1.63. The van der Waals surface area contributed by atoms with Crippen molar-refractivity contribution in [1.29, 1.82) is 0 Å². The summed E-state index contributed by atoms with van der Waals surface area (Å²) in [4.78, 5) is 26.9. The van der Waals surface area contributed by atoms with Crippen molar-refractivity contribution in [2.75, 3.05) is 18.0 Å². The highest BCUT2D eigenvalue weighted by Gasteiger charge is 2.15. The molecule has 2 aromatic rings. The molecule has 0 saturated carbocycles. The van der Waals surface area contributed by atoms with Crippen molar-refractivity contribution in [1.82, 2.24) is 20.3 Å². The number of carbonyl (C=O) groups is 1. The number of anilines is 1. The Bertz CT molecular complexity index is 610. The highest BCUT2D eigenvalue weighted by Crippen LogP contribution is 2.15. The lowest BCUT2D eigenvalue weighted by atomic mass is 10.3. The van der Waals surface area contributed by atoms with Crippen LogP contribution in [0.5, 0.6) is 0 Å². The van der Waals surface area contributed by atoms with Crippen LogP contribution in [-0.4, -0.2) is 33.9 Å². The zero-order chi connectivity index (χ0) is 14.5. The van der Waals surface area contributed by atoms with E-state index in [0.717, 1.165) is 24.7 Å². The molecule has 1 fully saturated rings. The Morgan fingerprint density at radius 2 is 2.00 bits per heavy atom. The van der Waals surface area contributed by atoms with Gasteiger partial charge in [-0.05, 0) is 31.0 Å². The van der Waals surface area contributed by atoms with Crippen LogP contribution in [0.4, 0.5) is 5.95 Å². The van der Waals surface area contributed by atoms with Gasteiger partial charge in [-0.3, -0.25) is 9.78 Å². The second kappa shape index (κ2) is 6.30. The normalized spacial score (nSPS) is 14.2. The molecule has 0 bridgehead atoms. The topological polar surface area (TPSA) is 71.0 Å². The van der Waals surface area contributed by atoms with Crippen molar-refractivity contribution in [3.05, 3.63) is 48.0 Å². The van der Waals surface area contributed by atoms with Crippen LogP contribution in [-0.2, 0) is 6.54 Å². The van der Waals surface area contributed by atoms with Gasteiger partial charge >= 0.3 is 0 Å². The van der Waals surface area contributed by atoms with E-state index in [1.165, 1.54) is 12.8 Å². The summed E-state index contributed by atoms with van der Waals surface area (Å²) in [6, 6.07) is 7.07. The maximum absolute atomic E-state index is 11.9. The van der Waals surface area contributed by atoms with E-state index in [2.05, 4.69) is 25.2 Å². The molecule has 0 aliphatic carbocycles. The lowest BCUT2D eigenvalue weighted by Crippen LogP contribution is -2.25. The quantitative estimate of drug-likeness (QED) is 0.918. The fourth-order valence-electron chi connectivity index (χ4n) is 2.31. The van der Waals surface area contributed by atoms with Crippen molar-refractivity contribution in [2.24, 2.45) is 0 Å². The minimum absolute atomic E-state index is 0.197. The molecule has 0 spiro atoms. The molecular formula is C15H17N5O. The molecule has 1 aliphatic heterocycles. The lowest BCUT2D eigenvalue weighted by Gasteiger charge is -2.15.